The van der Waals surface area contributed by atoms with Gasteiger partial charge in [0, 0.05) is 25.6 Å². The molecule has 7 nitrogen and oxygen atoms in total. The van der Waals surface area contributed by atoms with Gasteiger partial charge in [0.1, 0.15) is 11.8 Å². The fourth-order valence-corrected chi connectivity index (χ4v) is 1.97. The molecule has 1 atom stereocenters. The van der Waals surface area contributed by atoms with Crippen LogP contribution in [0.15, 0.2) is 24.3 Å². The van der Waals surface area contributed by atoms with Gasteiger partial charge in [-0.3, -0.25) is 14.4 Å². The van der Waals surface area contributed by atoms with Crippen LogP contribution >= 0.6 is 0 Å². The van der Waals surface area contributed by atoms with Crippen LogP contribution in [-0.4, -0.2) is 30.7 Å². The van der Waals surface area contributed by atoms with Gasteiger partial charge >= 0.3 is 0 Å². The first-order chi connectivity index (χ1) is 11.4. The average Bonchev–Trinajstić information content (AvgIpc) is 2.53. The molecule has 132 valence electrons. The van der Waals surface area contributed by atoms with Gasteiger partial charge in [0.2, 0.25) is 11.8 Å². The molecule has 0 aromatic heterocycles. The lowest BCUT2D eigenvalue weighted by Gasteiger charge is -2.14. The van der Waals surface area contributed by atoms with E-state index in [1.54, 1.807) is 26.1 Å². The van der Waals surface area contributed by atoms with Crippen LogP contribution in [0, 0.1) is 0 Å². The number of ketones is 1. The number of amides is 2. The second-order valence-electron chi connectivity index (χ2n) is 5.52. The summed E-state index contributed by atoms with van der Waals surface area (Å²) in [6.45, 7) is 3.54. The lowest BCUT2D eigenvalue weighted by molar-refractivity contribution is -0.126. The summed E-state index contributed by atoms with van der Waals surface area (Å²) in [6, 6.07) is 6.58. The van der Waals surface area contributed by atoms with E-state index in [0.717, 1.165) is 5.56 Å². The second-order valence-corrected chi connectivity index (χ2v) is 5.52. The van der Waals surface area contributed by atoms with Crippen LogP contribution in [0.1, 0.15) is 38.7 Å². The average molecular weight is 335 g/mol. The topological polar surface area (TPSA) is 96.5 Å². The highest BCUT2D eigenvalue weighted by Crippen LogP contribution is 2.10. The van der Waals surface area contributed by atoms with Gasteiger partial charge in [-0.05, 0) is 38.0 Å². The van der Waals surface area contributed by atoms with Crippen molar-refractivity contribution in [1.82, 2.24) is 10.8 Å². The predicted molar refractivity (Wildman–Crippen MR) is 91.1 cm³/mol. The van der Waals surface area contributed by atoms with Gasteiger partial charge in [-0.15, -0.1) is 0 Å². The molecule has 0 fully saturated rings. The summed E-state index contributed by atoms with van der Waals surface area (Å²) in [5, 5.41) is 5.36. The maximum absolute atomic E-state index is 12.1. The smallest absolute Gasteiger partial charge is 0.246 e. The normalized spacial score (nSPS) is 11.6. The summed E-state index contributed by atoms with van der Waals surface area (Å²) >= 11 is 0. The molecule has 0 saturated carbocycles. The van der Waals surface area contributed by atoms with Crippen LogP contribution in [0.5, 0.6) is 0 Å². The molecule has 0 saturated heterocycles. The molecule has 2 amide bonds. The van der Waals surface area contributed by atoms with Crippen molar-refractivity contribution in [2.75, 3.05) is 12.4 Å². The molecule has 0 aliphatic heterocycles. The molecule has 0 aliphatic rings. The van der Waals surface area contributed by atoms with Crippen molar-refractivity contribution in [3.63, 3.8) is 0 Å². The summed E-state index contributed by atoms with van der Waals surface area (Å²) in [5.41, 5.74) is 4.20. The van der Waals surface area contributed by atoms with Crippen molar-refractivity contribution in [3.05, 3.63) is 29.8 Å². The third kappa shape index (κ3) is 7.85. The molecule has 1 rings (SSSR count). The Morgan fingerprint density at radius 1 is 1.12 bits per heavy atom. The molecule has 24 heavy (non-hydrogen) atoms. The van der Waals surface area contributed by atoms with E-state index in [-0.39, 0.29) is 24.0 Å². The zero-order valence-electron chi connectivity index (χ0n) is 14.3. The third-order valence-electron chi connectivity index (χ3n) is 3.31. The van der Waals surface area contributed by atoms with E-state index in [0.29, 0.717) is 25.1 Å². The maximum atomic E-state index is 12.1. The third-order valence-corrected chi connectivity index (χ3v) is 3.31. The van der Waals surface area contributed by atoms with Crippen LogP contribution in [0.3, 0.4) is 0 Å². The first-order valence-electron chi connectivity index (χ1n) is 7.89. The molecule has 1 aromatic rings. The zero-order chi connectivity index (χ0) is 17.9. The Hall–Kier alpha value is -2.25. The fourth-order valence-electron chi connectivity index (χ4n) is 1.97. The number of carbonyl (C=O) groups excluding carboxylic acids is 3. The van der Waals surface area contributed by atoms with E-state index in [9.17, 15) is 14.4 Å². The number of rotatable bonds is 10. The van der Waals surface area contributed by atoms with Crippen LogP contribution in [0.25, 0.3) is 0 Å². The summed E-state index contributed by atoms with van der Waals surface area (Å²) in [7, 11) is 1.68. The molecule has 0 heterocycles. The van der Waals surface area contributed by atoms with Gasteiger partial charge in [-0.25, -0.2) is 5.48 Å². The van der Waals surface area contributed by atoms with E-state index in [2.05, 4.69) is 16.1 Å². The molecule has 0 radical (unpaired) electrons. The number of Topliss-reactive ketones (excluding diaryl/α,β-unsaturated/α-hetero) is 1. The highest BCUT2D eigenvalue weighted by atomic mass is 16.6. The number of carbonyl (C=O) groups is 3. The largest absolute Gasteiger partial charge is 0.345 e. The highest BCUT2D eigenvalue weighted by molar-refractivity contribution is 5.96. The number of hydrogen-bond acceptors (Lipinski definition) is 5. The predicted octanol–water partition coefficient (Wildman–Crippen LogP) is 1.54. The molecule has 0 aliphatic carbocycles. The summed E-state index contributed by atoms with van der Waals surface area (Å²) in [6.07, 6.45) is 1.10. The number of hydrogen-bond donors (Lipinski definition) is 3. The van der Waals surface area contributed by atoms with Crippen LogP contribution in [-0.2, 0) is 25.8 Å². The van der Waals surface area contributed by atoms with Crippen molar-refractivity contribution in [2.24, 2.45) is 0 Å². The van der Waals surface area contributed by atoms with Crippen molar-refractivity contribution in [2.45, 2.75) is 45.8 Å². The molecule has 1 aromatic carbocycles. The van der Waals surface area contributed by atoms with Crippen molar-refractivity contribution >= 4 is 23.3 Å². The Balaban J connectivity index is 2.40. The number of nitrogens with one attached hydrogen (secondary N) is 3. The van der Waals surface area contributed by atoms with Crippen LogP contribution in [0.2, 0.25) is 0 Å². The Bertz CT molecular complexity index is 557. The lowest BCUT2D eigenvalue weighted by Crippen LogP contribution is -2.41. The summed E-state index contributed by atoms with van der Waals surface area (Å²) in [5.74, 6) is -0.482. The fraction of sp³-hybridized carbons (Fsp3) is 0.471. The molecule has 0 unspecified atom stereocenters. The molecule has 0 bridgehead atoms. The van der Waals surface area contributed by atoms with E-state index in [1.165, 1.54) is 6.92 Å². The minimum Gasteiger partial charge on any atom is -0.345 e. The quantitative estimate of drug-likeness (QED) is 0.564. The second kappa shape index (κ2) is 10.5. The number of anilines is 1. The summed E-state index contributed by atoms with van der Waals surface area (Å²) in [4.78, 5) is 39.7. The van der Waals surface area contributed by atoms with Crippen molar-refractivity contribution in [3.8, 4) is 0 Å². The monoisotopic (exact) mass is 335 g/mol. The van der Waals surface area contributed by atoms with Crippen LogP contribution in [0.4, 0.5) is 5.69 Å². The van der Waals surface area contributed by atoms with E-state index in [4.69, 9.17) is 4.84 Å². The minimum atomic E-state index is -0.651. The summed E-state index contributed by atoms with van der Waals surface area (Å²) < 4.78 is 0. The first kappa shape index (κ1) is 19.8. The Morgan fingerprint density at radius 3 is 2.38 bits per heavy atom. The molecular weight excluding hydrogens is 310 g/mol. The van der Waals surface area contributed by atoms with Gasteiger partial charge in [-0.1, -0.05) is 12.1 Å². The molecule has 7 heteroatoms. The van der Waals surface area contributed by atoms with Crippen molar-refractivity contribution < 1.29 is 19.2 Å². The van der Waals surface area contributed by atoms with Crippen LogP contribution < -0.4 is 16.1 Å². The standard InChI is InChI=1S/C17H25N3O4/c1-12(21)5-4-6-16(22)19-13(2)17(23)20-15-9-7-14(8-10-15)11-24-18-3/h7-10,13,18H,4-6,11H2,1-3H3,(H,19,22)(H,20,23)/t13-/m1/s1. The van der Waals surface area contributed by atoms with Gasteiger partial charge in [0.25, 0.3) is 0 Å². The van der Waals surface area contributed by atoms with E-state index < -0.39 is 6.04 Å². The van der Waals surface area contributed by atoms with E-state index in [1.807, 2.05) is 12.1 Å². The maximum Gasteiger partial charge on any atom is 0.246 e. The van der Waals surface area contributed by atoms with E-state index >= 15 is 0 Å². The highest BCUT2D eigenvalue weighted by Gasteiger charge is 2.15. The lowest BCUT2D eigenvalue weighted by atomic mass is 10.1. The molecular formula is C17H25N3O4. The Kier molecular flexibility index (Phi) is 8.67. The number of hydroxylamine groups is 1. The van der Waals surface area contributed by atoms with Gasteiger partial charge in [-0.2, -0.15) is 0 Å². The van der Waals surface area contributed by atoms with Gasteiger partial charge < -0.3 is 15.4 Å². The minimum absolute atomic E-state index is 0.0529. The molecule has 0 spiro atoms. The number of benzene rings is 1. The molecule has 3 N–H and O–H groups in total. The zero-order valence-corrected chi connectivity index (χ0v) is 14.3. The van der Waals surface area contributed by atoms with Gasteiger partial charge in [0.15, 0.2) is 0 Å². The Labute approximate surface area is 142 Å². The van der Waals surface area contributed by atoms with Crippen molar-refractivity contribution in [1.29, 1.82) is 0 Å². The first-order valence-corrected chi connectivity index (χ1v) is 7.89. The SMILES string of the molecule is CNOCc1ccc(NC(=O)[C@@H](C)NC(=O)CCCC(C)=O)cc1. The Morgan fingerprint density at radius 2 is 1.79 bits per heavy atom. The van der Waals surface area contributed by atoms with Gasteiger partial charge in [0.05, 0.1) is 6.61 Å².